The molecule has 1 rings (SSSR count). The number of ether oxygens (including phenoxy) is 10. The summed E-state index contributed by atoms with van der Waals surface area (Å²) in [6.07, 6.45) is -0.738. The molecule has 1 aromatic carbocycles. The lowest BCUT2D eigenvalue weighted by molar-refractivity contribution is -0.157. The topological polar surface area (TPSA) is 168 Å². The van der Waals surface area contributed by atoms with Crippen LogP contribution in [0, 0.1) is 0 Å². The molecule has 282 valence electrons. The van der Waals surface area contributed by atoms with E-state index in [0.717, 1.165) is 5.56 Å². The first-order valence-electron chi connectivity index (χ1n) is 16.7. The summed E-state index contributed by atoms with van der Waals surface area (Å²) in [5, 5.41) is 5.25. The summed E-state index contributed by atoms with van der Waals surface area (Å²) in [7, 11) is 1.63. The van der Waals surface area contributed by atoms with Crippen LogP contribution in [0.2, 0.25) is 0 Å². The van der Waals surface area contributed by atoms with E-state index in [2.05, 4.69) is 10.6 Å². The molecule has 0 fully saturated rings. The highest BCUT2D eigenvalue weighted by molar-refractivity contribution is 5.83. The zero-order chi connectivity index (χ0) is 35.8. The first-order chi connectivity index (χ1) is 23.7. The third-order valence-electron chi connectivity index (χ3n) is 6.09. The smallest absolute Gasteiger partial charge is 0.408 e. The molecule has 0 aliphatic rings. The van der Waals surface area contributed by atoms with Crippen molar-refractivity contribution in [3.05, 3.63) is 35.9 Å². The minimum Gasteiger partial charge on any atom is -0.458 e. The number of rotatable bonds is 31. The van der Waals surface area contributed by atoms with Gasteiger partial charge in [0.25, 0.3) is 0 Å². The molecular formula is C34H58N2O13. The Morgan fingerprint density at radius 3 is 1.55 bits per heavy atom. The summed E-state index contributed by atoms with van der Waals surface area (Å²) >= 11 is 0. The van der Waals surface area contributed by atoms with Gasteiger partial charge in [-0.15, -0.1) is 0 Å². The van der Waals surface area contributed by atoms with Crippen molar-refractivity contribution in [2.75, 3.05) is 113 Å². The van der Waals surface area contributed by atoms with E-state index in [1.54, 1.807) is 27.9 Å². The summed E-state index contributed by atoms with van der Waals surface area (Å²) in [4.78, 5) is 37.4. The number of benzene rings is 1. The predicted molar refractivity (Wildman–Crippen MR) is 179 cm³/mol. The van der Waals surface area contributed by atoms with E-state index in [1.165, 1.54) is 0 Å². The average Bonchev–Trinajstić information content (AvgIpc) is 3.07. The van der Waals surface area contributed by atoms with Crippen LogP contribution in [-0.4, -0.2) is 142 Å². The van der Waals surface area contributed by atoms with Gasteiger partial charge in [0.1, 0.15) is 18.2 Å². The van der Waals surface area contributed by atoms with Gasteiger partial charge in [0, 0.05) is 20.1 Å². The van der Waals surface area contributed by atoms with Crippen LogP contribution in [-0.2, 0) is 63.6 Å². The second-order valence-corrected chi connectivity index (χ2v) is 11.5. The summed E-state index contributed by atoms with van der Waals surface area (Å²) in [5.74, 6) is -0.933. The van der Waals surface area contributed by atoms with Gasteiger partial charge in [-0.05, 0) is 32.8 Å². The molecule has 0 heterocycles. The molecule has 49 heavy (non-hydrogen) atoms. The van der Waals surface area contributed by atoms with Gasteiger partial charge in [-0.25, -0.2) is 9.59 Å². The minimum absolute atomic E-state index is 0.00662. The lowest BCUT2D eigenvalue weighted by Gasteiger charge is -2.24. The molecule has 2 N–H and O–H groups in total. The molecule has 0 aliphatic carbocycles. The number of hydrogen-bond acceptors (Lipinski definition) is 13. The molecule has 0 unspecified atom stereocenters. The van der Waals surface area contributed by atoms with Crippen LogP contribution >= 0.6 is 0 Å². The first kappa shape index (κ1) is 44.1. The number of alkyl carbamates (subject to hydrolysis) is 1. The average molecular weight is 703 g/mol. The number of nitrogens with one attached hydrogen (secondary N) is 2. The van der Waals surface area contributed by atoms with Crippen molar-refractivity contribution in [2.45, 2.75) is 51.9 Å². The number of carbonyl (C=O) groups excluding carboxylic acids is 3. The number of amides is 2. The highest BCUT2D eigenvalue weighted by atomic mass is 16.6. The van der Waals surface area contributed by atoms with E-state index in [-0.39, 0.29) is 31.9 Å². The fourth-order valence-electron chi connectivity index (χ4n) is 3.72. The molecule has 0 bridgehead atoms. The zero-order valence-corrected chi connectivity index (χ0v) is 29.7. The van der Waals surface area contributed by atoms with E-state index < -0.39 is 23.7 Å². The SMILES string of the molecule is COCCOCCOCCOCCOCCOCCOCCOCCNC(=O)CC[C@H](NC(=O)OCc1ccccc1)C(=O)OC(C)(C)C. The maximum atomic E-state index is 12.7. The van der Waals surface area contributed by atoms with Crippen LogP contribution in [0.25, 0.3) is 0 Å². The molecule has 1 aromatic rings. The fourth-order valence-corrected chi connectivity index (χ4v) is 3.72. The van der Waals surface area contributed by atoms with Gasteiger partial charge in [-0.1, -0.05) is 30.3 Å². The summed E-state index contributed by atoms with van der Waals surface area (Å²) in [5.41, 5.74) is 0.0457. The molecule has 0 saturated heterocycles. The Labute approximate surface area is 290 Å². The van der Waals surface area contributed by atoms with Gasteiger partial charge >= 0.3 is 12.1 Å². The van der Waals surface area contributed by atoms with E-state index in [9.17, 15) is 14.4 Å². The highest BCUT2D eigenvalue weighted by Gasteiger charge is 2.27. The van der Waals surface area contributed by atoms with Gasteiger partial charge in [0.05, 0.1) is 99.1 Å². The molecule has 2 amide bonds. The van der Waals surface area contributed by atoms with Crippen molar-refractivity contribution in [2.24, 2.45) is 0 Å². The molecule has 0 aliphatic heterocycles. The van der Waals surface area contributed by atoms with Gasteiger partial charge in [0.15, 0.2) is 0 Å². The van der Waals surface area contributed by atoms with E-state index in [0.29, 0.717) is 99.1 Å². The zero-order valence-electron chi connectivity index (χ0n) is 29.7. The second kappa shape index (κ2) is 30.0. The highest BCUT2D eigenvalue weighted by Crippen LogP contribution is 2.11. The lowest BCUT2D eigenvalue weighted by atomic mass is 10.1. The van der Waals surface area contributed by atoms with Crippen LogP contribution in [0.1, 0.15) is 39.2 Å². The van der Waals surface area contributed by atoms with Gasteiger partial charge in [-0.2, -0.15) is 0 Å². The standard InChI is InChI=1S/C34H58N2O13/c1-34(2,3)49-32(38)30(36-33(39)48-28-29-8-6-5-7-9-29)10-11-31(37)35-12-13-41-16-17-43-20-21-45-24-25-47-27-26-46-23-22-44-19-18-42-15-14-40-4/h5-9,30H,10-28H2,1-4H3,(H,35,37)(H,36,39)/t30-/m0/s1. The Hall–Kier alpha value is -2.89. The van der Waals surface area contributed by atoms with Crippen molar-refractivity contribution in [3.63, 3.8) is 0 Å². The van der Waals surface area contributed by atoms with Crippen LogP contribution in [0.5, 0.6) is 0 Å². The Morgan fingerprint density at radius 2 is 1.10 bits per heavy atom. The third kappa shape index (κ3) is 28.6. The van der Waals surface area contributed by atoms with Crippen molar-refractivity contribution >= 4 is 18.0 Å². The number of esters is 1. The molecule has 0 spiro atoms. The van der Waals surface area contributed by atoms with Crippen molar-refractivity contribution in [1.29, 1.82) is 0 Å². The molecule has 0 aromatic heterocycles. The first-order valence-corrected chi connectivity index (χ1v) is 16.7. The van der Waals surface area contributed by atoms with Crippen LogP contribution in [0.15, 0.2) is 30.3 Å². The maximum Gasteiger partial charge on any atom is 0.408 e. The van der Waals surface area contributed by atoms with Crippen molar-refractivity contribution in [1.82, 2.24) is 10.6 Å². The van der Waals surface area contributed by atoms with Crippen molar-refractivity contribution in [3.8, 4) is 0 Å². The number of methoxy groups -OCH3 is 1. The third-order valence-corrected chi connectivity index (χ3v) is 6.09. The number of carbonyl (C=O) groups is 3. The van der Waals surface area contributed by atoms with Crippen LogP contribution in [0.4, 0.5) is 4.79 Å². The fraction of sp³-hybridized carbons (Fsp3) is 0.735. The Morgan fingerprint density at radius 1 is 0.653 bits per heavy atom. The number of hydrogen-bond donors (Lipinski definition) is 2. The second-order valence-electron chi connectivity index (χ2n) is 11.5. The Kier molecular flexibility index (Phi) is 27.0. The van der Waals surface area contributed by atoms with E-state index in [1.807, 2.05) is 30.3 Å². The van der Waals surface area contributed by atoms with Gasteiger partial charge < -0.3 is 58.0 Å². The van der Waals surface area contributed by atoms with Crippen LogP contribution in [0.3, 0.4) is 0 Å². The molecule has 15 heteroatoms. The molecule has 1 atom stereocenters. The normalized spacial score (nSPS) is 12.0. The Bertz CT molecular complexity index is 963. The van der Waals surface area contributed by atoms with Gasteiger partial charge in [-0.3, -0.25) is 4.79 Å². The Balaban J connectivity index is 1.99. The van der Waals surface area contributed by atoms with E-state index >= 15 is 0 Å². The summed E-state index contributed by atoms with van der Waals surface area (Å²) < 4.78 is 53.5. The summed E-state index contributed by atoms with van der Waals surface area (Å²) in [6, 6.07) is 8.11. The van der Waals surface area contributed by atoms with Crippen molar-refractivity contribution < 1.29 is 61.8 Å². The minimum atomic E-state index is -1.04. The largest absolute Gasteiger partial charge is 0.458 e. The van der Waals surface area contributed by atoms with Crippen LogP contribution < -0.4 is 10.6 Å². The quantitative estimate of drug-likeness (QED) is 0.0855. The van der Waals surface area contributed by atoms with E-state index in [4.69, 9.17) is 47.4 Å². The molecule has 15 nitrogen and oxygen atoms in total. The summed E-state index contributed by atoms with van der Waals surface area (Å²) in [6.45, 7) is 12.5. The maximum absolute atomic E-state index is 12.7. The molecular weight excluding hydrogens is 644 g/mol. The predicted octanol–water partition coefficient (Wildman–Crippen LogP) is 2.28. The lowest BCUT2D eigenvalue weighted by Crippen LogP contribution is -2.45. The molecule has 0 radical (unpaired) electrons. The molecule has 0 saturated carbocycles. The van der Waals surface area contributed by atoms with Gasteiger partial charge in [0.2, 0.25) is 5.91 Å². The monoisotopic (exact) mass is 702 g/mol.